The molecule has 0 aromatic carbocycles. The highest BCUT2D eigenvalue weighted by atomic mass is 32.2. The van der Waals surface area contributed by atoms with E-state index in [0.29, 0.717) is 18.6 Å². The van der Waals surface area contributed by atoms with Gasteiger partial charge >= 0.3 is 0 Å². The van der Waals surface area contributed by atoms with E-state index in [1.807, 2.05) is 13.8 Å². The number of hydrogen-bond donors (Lipinski definition) is 1. The number of nitrogens with zero attached hydrogens (tertiary/aromatic N) is 1. The first-order valence-electron chi connectivity index (χ1n) is 6.56. The van der Waals surface area contributed by atoms with Crippen molar-refractivity contribution in [1.82, 2.24) is 5.16 Å². The Morgan fingerprint density at radius 1 is 1.33 bits per heavy atom. The van der Waals surface area contributed by atoms with E-state index in [9.17, 15) is 9.32 Å². The Balaban J connectivity index is 1.99. The molecule has 100 valence electrons. The molecule has 0 aliphatic carbocycles. The number of aliphatic hydroxyl groups is 1. The summed E-state index contributed by atoms with van der Waals surface area (Å²) >= 11 is 0. The van der Waals surface area contributed by atoms with Crippen molar-refractivity contribution < 1.29 is 13.8 Å². The van der Waals surface area contributed by atoms with Crippen molar-refractivity contribution in [1.29, 1.82) is 0 Å². The molecule has 0 amide bonds. The molecule has 2 aliphatic rings. The Hall–Kier alpha value is -0.680. The number of hydrogen-bond acceptors (Lipinski definition) is 4. The predicted octanol–water partition coefficient (Wildman–Crippen LogP) is 1.94. The SMILES string of the molecule is Cc1noc(C)c1C1(O)CC2CCCC(C1)S2=O. The summed E-state index contributed by atoms with van der Waals surface area (Å²) in [5, 5.41) is 15.2. The summed E-state index contributed by atoms with van der Waals surface area (Å²) < 4.78 is 17.4. The molecule has 0 saturated carbocycles. The Morgan fingerprint density at radius 3 is 2.44 bits per heavy atom. The van der Waals surface area contributed by atoms with Crippen molar-refractivity contribution in [3.05, 3.63) is 17.0 Å². The molecule has 2 aliphatic heterocycles. The van der Waals surface area contributed by atoms with E-state index >= 15 is 0 Å². The lowest BCUT2D eigenvalue weighted by atomic mass is 9.80. The molecular formula is C13H19NO3S. The van der Waals surface area contributed by atoms with Crippen molar-refractivity contribution in [2.45, 2.75) is 62.1 Å². The Kier molecular flexibility index (Phi) is 2.86. The van der Waals surface area contributed by atoms with Crippen LogP contribution in [0.25, 0.3) is 0 Å². The second kappa shape index (κ2) is 4.17. The van der Waals surface area contributed by atoms with Gasteiger partial charge in [-0.05, 0) is 39.5 Å². The largest absolute Gasteiger partial charge is 0.385 e. The third kappa shape index (κ3) is 1.75. The van der Waals surface area contributed by atoms with Crippen LogP contribution in [0.15, 0.2) is 4.52 Å². The van der Waals surface area contributed by atoms with Gasteiger partial charge in [0.25, 0.3) is 0 Å². The molecule has 1 aromatic heterocycles. The molecule has 2 bridgehead atoms. The minimum Gasteiger partial charge on any atom is -0.385 e. The molecule has 0 spiro atoms. The lowest BCUT2D eigenvalue weighted by Crippen LogP contribution is -2.47. The van der Waals surface area contributed by atoms with E-state index < -0.39 is 16.4 Å². The Bertz CT molecular complexity index is 461. The number of aryl methyl sites for hydroxylation is 2. The first kappa shape index (κ1) is 12.4. The summed E-state index contributed by atoms with van der Waals surface area (Å²) in [4.78, 5) is 0. The summed E-state index contributed by atoms with van der Waals surface area (Å²) in [5.41, 5.74) is 0.703. The smallest absolute Gasteiger partial charge is 0.140 e. The van der Waals surface area contributed by atoms with Crippen LogP contribution in [-0.4, -0.2) is 25.0 Å². The van der Waals surface area contributed by atoms with E-state index in [4.69, 9.17) is 4.52 Å². The predicted molar refractivity (Wildman–Crippen MR) is 68.7 cm³/mol. The number of rotatable bonds is 1. The zero-order chi connectivity index (χ0) is 12.9. The van der Waals surface area contributed by atoms with E-state index in [1.54, 1.807) is 0 Å². The molecule has 1 N–H and O–H groups in total. The average molecular weight is 269 g/mol. The lowest BCUT2D eigenvalue weighted by Gasteiger charge is -2.43. The molecule has 2 fully saturated rings. The molecule has 4 nitrogen and oxygen atoms in total. The van der Waals surface area contributed by atoms with Gasteiger partial charge in [0, 0.05) is 26.9 Å². The summed E-state index contributed by atoms with van der Waals surface area (Å²) in [5.74, 6) is 0.695. The van der Waals surface area contributed by atoms with Gasteiger partial charge in [-0.1, -0.05) is 11.6 Å². The first-order valence-corrected chi connectivity index (χ1v) is 7.84. The average Bonchev–Trinajstić information content (AvgIpc) is 2.62. The maximum Gasteiger partial charge on any atom is 0.140 e. The fourth-order valence-corrected chi connectivity index (χ4v) is 5.86. The van der Waals surface area contributed by atoms with Gasteiger partial charge in [-0.25, -0.2) is 0 Å². The van der Waals surface area contributed by atoms with Crippen LogP contribution in [-0.2, 0) is 16.4 Å². The summed E-state index contributed by atoms with van der Waals surface area (Å²) in [6.07, 6.45) is 4.24. The molecule has 18 heavy (non-hydrogen) atoms. The van der Waals surface area contributed by atoms with Crippen LogP contribution in [0.5, 0.6) is 0 Å². The van der Waals surface area contributed by atoms with Gasteiger partial charge in [0.15, 0.2) is 0 Å². The molecule has 2 saturated heterocycles. The fourth-order valence-electron chi connectivity index (χ4n) is 3.63. The normalized spacial score (nSPS) is 39.8. The third-order valence-corrected chi connectivity index (χ3v) is 6.46. The van der Waals surface area contributed by atoms with Crippen molar-refractivity contribution in [3.63, 3.8) is 0 Å². The lowest BCUT2D eigenvalue weighted by molar-refractivity contribution is 0.00481. The van der Waals surface area contributed by atoms with Gasteiger partial charge in [0.05, 0.1) is 11.3 Å². The summed E-state index contributed by atoms with van der Waals surface area (Å²) in [6, 6.07) is 0. The highest BCUT2D eigenvalue weighted by molar-refractivity contribution is 7.86. The molecule has 2 unspecified atom stereocenters. The highest BCUT2D eigenvalue weighted by Crippen LogP contribution is 2.45. The van der Waals surface area contributed by atoms with E-state index in [-0.39, 0.29) is 10.5 Å². The van der Waals surface area contributed by atoms with E-state index in [2.05, 4.69) is 5.16 Å². The quantitative estimate of drug-likeness (QED) is 0.846. The van der Waals surface area contributed by atoms with Gasteiger partial charge in [-0.3, -0.25) is 4.21 Å². The van der Waals surface area contributed by atoms with Crippen LogP contribution in [0.1, 0.15) is 49.1 Å². The van der Waals surface area contributed by atoms with E-state index in [1.165, 1.54) is 0 Å². The van der Waals surface area contributed by atoms with Gasteiger partial charge in [-0.2, -0.15) is 0 Å². The van der Waals surface area contributed by atoms with Crippen molar-refractivity contribution in [2.75, 3.05) is 0 Å². The zero-order valence-electron chi connectivity index (χ0n) is 10.8. The van der Waals surface area contributed by atoms with Crippen molar-refractivity contribution >= 4 is 10.8 Å². The second-order valence-corrected chi connectivity index (χ2v) is 7.63. The third-order valence-electron chi connectivity index (χ3n) is 4.34. The number of aromatic nitrogens is 1. The molecule has 2 atom stereocenters. The van der Waals surface area contributed by atoms with Crippen LogP contribution in [0, 0.1) is 13.8 Å². The molecule has 1 aromatic rings. The fraction of sp³-hybridized carbons (Fsp3) is 0.769. The number of fused-ring (bicyclic) bond motifs is 2. The minimum absolute atomic E-state index is 0.135. The van der Waals surface area contributed by atoms with Crippen molar-refractivity contribution in [3.8, 4) is 0 Å². The zero-order valence-corrected chi connectivity index (χ0v) is 11.6. The molecule has 0 radical (unpaired) electrons. The maximum atomic E-state index is 12.2. The Morgan fingerprint density at radius 2 is 1.94 bits per heavy atom. The standard InChI is InChI=1S/C13H19NO3S/c1-8-12(9(2)17-14-8)13(15)6-10-4-3-5-11(7-13)18(10)16/h10-11,15H,3-7H2,1-2H3. The maximum absolute atomic E-state index is 12.2. The second-order valence-electron chi connectivity index (χ2n) is 5.64. The van der Waals surface area contributed by atoms with Gasteiger partial charge in [-0.15, -0.1) is 0 Å². The highest BCUT2D eigenvalue weighted by Gasteiger charge is 2.48. The molecular weight excluding hydrogens is 250 g/mol. The monoisotopic (exact) mass is 269 g/mol. The van der Waals surface area contributed by atoms with Crippen LogP contribution in [0.3, 0.4) is 0 Å². The molecule has 3 rings (SSSR count). The van der Waals surface area contributed by atoms with Crippen molar-refractivity contribution in [2.24, 2.45) is 0 Å². The first-order chi connectivity index (χ1) is 8.51. The molecule has 5 heteroatoms. The van der Waals surface area contributed by atoms with Crippen LogP contribution in [0.4, 0.5) is 0 Å². The Labute approximate surface area is 109 Å². The van der Waals surface area contributed by atoms with Gasteiger partial charge in [0.2, 0.25) is 0 Å². The van der Waals surface area contributed by atoms with Gasteiger partial charge in [0.1, 0.15) is 5.76 Å². The molecule has 3 heterocycles. The van der Waals surface area contributed by atoms with E-state index in [0.717, 1.165) is 30.5 Å². The van der Waals surface area contributed by atoms with Crippen LogP contribution < -0.4 is 0 Å². The summed E-state index contributed by atoms with van der Waals surface area (Å²) in [7, 11) is -0.768. The van der Waals surface area contributed by atoms with Crippen LogP contribution >= 0.6 is 0 Å². The minimum atomic E-state index is -0.891. The summed E-state index contributed by atoms with van der Waals surface area (Å²) in [6.45, 7) is 3.71. The van der Waals surface area contributed by atoms with Crippen LogP contribution in [0.2, 0.25) is 0 Å². The topological polar surface area (TPSA) is 63.3 Å². The van der Waals surface area contributed by atoms with Gasteiger partial charge < -0.3 is 9.63 Å².